The van der Waals surface area contributed by atoms with Crippen LogP contribution >= 0.6 is 0 Å². The smallest absolute Gasteiger partial charge is 0.0540 e. The Morgan fingerprint density at radius 2 is 0.305 bits per heavy atom. The highest BCUT2D eigenvalue weighted by Crippen LogP contribution is 2.51. The minimum Gasteiger partial charge on any atom is -0.310 e. The predicted octanol–water partition coefficient (Wildman–Crippen LogP) is 34.2. The van der Waals surface area contributed by atoms with Gasteiger partial charge >= 0.3 is 0 Å². The lowest BCUT2D eigenvalue weighted by atomic mass is 9.96. The third-order valence-electron chi connectivity index (χ3n) is 24.4. The normalized spacial score (nSPS) is 11.8. The first-order valence-corrected chi connectivity index (χ1v) is 42.4. The van der Waals surface area contributed by atoms with E-state index in [2.05, 4.69) is 467 Å². The number of hydrogen-bond donors (Lipinski definition) is 0. The summed E-state index contributed by atoms with van der Waals surface area (Å²) in [6, 6.07) is 138. The second-order valence-corrected chi connectivity index (χ2v) is 34.2. The fourth-order valence-corrected chi connectivity index (χ4v) is 17.3. The molecule has 0 fully saturated rings. The number of para-hydroxylation sites is 3. The molecule has 0 spiro atoms. The van der Waals surface area contributed by atoms with E-state index in [4.69, 9.17) is 0 Å². The Morgan fingerprint density at radius 3 is 0.492 bits per heavy atom. The molecular weight excluding hydrogens is 1430 g/mol. The van der Waals surface area contributed by atoms with Crippen molar-refractivity contribution in [3.63, 3.8) is 0 Å². The lowest BCUT2D eigenvalue weighted by molar-refractivity contribution is 0.868. The Labute approximate surface area is 697 Å². The molecule has 18 aromatic carbocycles. The van der Waals surface area contributed by atoms with Crippen LogP contribution in [0.1, 0.15) is 152 Å². The monoisotopic (exact) mass is 1530 g/mol. The van der Waals surface area contributed by atoms with Gasteiger partial charge < -0.3 is 19.6 Å². The summed E-state index contributed by atoms with van der Waals surface area (Å²) in [5.74, 6) is 2.60. The van der Waals surface area contributed by atoms with Gasteiger partial charge in [0, 0.05) is 67.9 Å². The Hall–Kier alpha value is -13.3. The van der Waals surface area contributed by atoms with E-state index < -0.39 is 0 Å². The molecule has 0 heterocycles. The molecule has 18 rings (SSSR count). The molecule has 118 heavy (non-hydrogen) atoms. The maximum atomic E-state index is 2.53. The molecule has 0 saturated carbocycles. The number of hydrogen-bond acceptors (Lipinski definition) is 4. The van der Waals surface area contributed by atoms with Crippen LogP contribution < -0.4 is 19.6 Å². The highest BCUT2D eigenvalue weighted by molar-refractivity contribution is 6.02. The van der Waals surface area contributed by atoms with Crippen molar-refractivity contribution in [1.29, 1.82) is 0 Å². The highest BCUT2D eigenvalue weighted by atomic mass is 15.2. The van der Waals surface area contributed by atoms with Crippen LogP contribution in [0.25, 0.3) is 98.0 Å². The van der Waals surface area contributed by atoms with Gasteiger partial charge in [0.25, 0.3) is 0 Å². The number of fused-ring (bicyclic) bond motifs is 6. The van der Waals surface area contributed by atoms with Gasteiger partial charge in [-0.15, -0.1) is 0 Å². The second kappa shape index (κ2) is 32.1. The van der Waals surface area contributed by atoms with Gasteiger partial charge in [0.15, 0.2) is 0 Å². The van der Waals surface area contributed by atoms with Crippen molar-refractivity contribution in [1.82, 2.24) is 0 Å². The summed E-state index contributed by atoms with van der Waals surface area (Å²) in [6.45, 7) is 27.2. The Morgan fingerprint density at radius 1 is 0.144 bits per heavy atom. The summed E-state index contributed by atoms with van der Waals surface area (Å²) in [5.41, 5.74) is 27.6. The first-order valence-electron chi connectivity index (χ1n) is 42.4. The van der Waals surface area contributed by atoms with Gasteiger partial charge in [-0.25, -0.2) is 0 Å². The number of benzene rings is 18. The molecule has 0 bridgehead atoms. The summed E-state index contributed by atoms with van der Waals surface area (Å²) >= 11 is 0. The average Bonchev–Trinajstić information content (AvgIpc) is 0.815. The van der Waals surface area contributed by atoms with Crippen LogP contribution in [-0.4, -0.2) is 0 Å². The van der Waals surface area contributed by atoms with Crippen molar-refractivity contribution in [3.05, 3.63) is 397 Å². The summed E-state index contributed by atoms with van der Waals surface area (Å²) in [7, 11) is 0. The maximum absolute atomic E-state index is 2.53. The topological polar surface area (TPSA) is 13.0 Å². The molecule has 0 aliphatic carbocycles. The molecular formula is C114H102N4. The zero-order chi connectivity index (χ0) is 81.0. The van der Waals surface area contributed by atoms with Crippen LogP contribution in [-0.2, 0) is 0 Å². The summed E-state index contributed by atoms with van der Waals surface area (Å²) in [5, 5.41) is 14.7. The molecule has 0 aliphatic heterocycles. The van der Waals surface area contributed by atoms with E-state index in [-0.39, 0.29) is 0 Å². The van der Waals surface area contributed by atoms with Gasteiger partial charge in [-0.2, -0.15) is 0 Å². The van der Waals surface area contributed by atoms with Crippen molar-refractivity contribution in [2.75, 3.05) is 19.6 Å². The van der Waals surface area contributed by atoms with E-state index in [0.717, 1.165) is 102 Å². The zero-order valence-corrected chi connectivity index (χ0v) is 69.9. The molecule has 4 heteroatoms. The van der Waals surface area contributed by atoms with Gasteiger partial charge in [0.05, 0.1) is 17.1 Å². The Balaban J connectivity index is 0.779. The van der Waals surface area contributed by atoms with Crippen molar-refractivity contribution in [3.8, 4) is 33.4 Å². The zero-order valence-electron chi connectivity index (χ0n) is 69.9. The van der Waals surface area contributed by atoms with Gasteiger partial charge in [-0.1, -0.05) is 320 Å². The fraction of sp³-hybridized carbons (Fsp3) is 0.158. The van der Waals surface area contributed by atoms with Gasteiger partial charge in [0.1, 0.15) is 0 Å². The van der Waals surface area contributed by atoms with Crippen LogP contribution in [0.2, 0.25) is 0 Å². The van der Waals surface area contributed by atoms with Gasteiger partial charge in [-0.05, 0) is 278 Å². The SMILES string of the molecule is CC(C)c1ccc2cc(N(c3ccc(-c4ccccc4N(c4ccccc4-c4ccc(N(c5ccc6cc(C(C)C)ccc6c5)c5ccc6cc(C(C)C)ccc6c5)cc4)c4ccccc4-c4ccc(N(c5ccc6cc(C(C)C)ccc6c5)c5ccc6cc(C(C)C)ccc6c5)cc4)cc3)c3ccc4cc(C(C)C)ccc4c3)ccc2c1. The fourth-order valence-electron chi connectivity index (χ4n) is 17.3. The molecule has 578 valence electrons. The van der Waals surface area contributed by atoms with Crippen LogP contribution in [0.5, 0.6) is 0 Å². The number of anilines is 12. The Bertz CT molecular complexity index is 5860. The first-order chi connectivity index (χ1) is 57.4. The summed E-state index contributed by atoms with van der Waals surface area (Å²) in [6.07, 6.45) is 0. The highest BCUT2D eigenvalue weighted by Gasteiger charge is 2.26. The third kappa shape index (κ3) is 15.1. The molecule has 18 aromatic rings. The lowest BCUT2D eigenvalue weighted by Crippen LogP contribution is -2.14. The van der Waals surface area contributed by atoms with Crippen LogP contribution in [0.15, 0.2) is 364 Å². The quantitative estimate of drug-likeness (QED) is 0.0711. The van der Waals surface area contributed by atoms with Crippen molar-refractivity contribution in [2.24, 2.45) is 0 Å². The maximum Gasteiger partial charge on any atom is 0.0540 e. The lowest BCUT2D eigenvalue weighted by Gasteiger charge is -2.32. The molecule has 0 atom stereocenters. The number of nitrogens with zero attached hydrogens (tertiary/aromatic N) is 4. The van der Waals surface area contributed by atoms with E-state index in [1.54, 1.807) is 0 Å². The molecule has 0 unspecified atom stereocenters. The molecule has 0 aliphatic rings. The van der Waals surface area contributed by atoms with E-state index in [0.29, 0.717) is 35.5 Å². The van der Waals surface area contributed by atoms with E-state index in [1.165, 1.54) is 98.0 Å². The van der Waals surface area contributed by atoms with Gasteiger partial charge in [0.2, 0.25) is 0 Å². The van der Waals surface area contributed by atoms with Crippen LogP contribution in [0.3, 0.4) is 0 Å². The largest absolute Gasteiger partial charge is 0.310 e. The summed E-state index contributed by atoms with van der Waals surface area (Å²) < 4.78 is 0. The second-order valence-electron chi connectivity index (χ2n) is 34.2. The standard InChI is InChI=1S/C114H102N4/c1-73(2)82-25-31-94-67-103(55-43-88(94)61-82)115(104-56-44-89-62-83(74(3)4)26-32-95(89)68-104)100-49-37-79(38-50-100)109-19-13-16-22-112(109)118(113-23-17-14-20-110(113)80-39-51-101(52-40-80)116(105-57-45-90-63-84(75(5)6)27-33-96(90)69-105)106-58-46-91-64-85(76(7)8)28-34-97(91)70-106)114-24-18-15-21-111(114)81-41-53-102(54-42-81)117(107-59-47-92-65-86(77(9)10)29-35-98(92)71-107)108-60-48-93-66-87(78(11)12)30-36-99(93)72-108/h13-78H,1-12H3. The van der Waals surface area contributed by atoms with Crippen molar-refractivity contribution in [2.45, 2.75) is 119 Å². The van der Waals surface area contributed by atoms with Crippen molar-refractivity contribution < 1.29 is 0 Å². The molecule has 0 N–H and O–H groups in total. The molecule has 0 amide bonds. The minimum atomic E-state index is 0.434. The van der Waals surface area contributed by atoms with E-state index >= 15 is 0 Å². The van der Waals surface area contributed by atoms with E-state index in [1.807, 2.05) is 0 Å². The van der Waals surface area contributed by atoms with Crippen molar-refractivity contribution >= 4 is 133 Å². The van der Waals surface area contributed by atoms with E-state index in [9.17, 15) is 0 Å². The van der Waals surface area contributed by atoms with Crippen LogP contribution in [0, 0.1) is 0 Å². The molecule has 0 saturated heterocycles. The van der Waals surface area contributed by atoms with Crippen LogP contribution in [0.4, 0.5) is 68.2 Å². The predicted molar refractivity (Wildman–Crippen MR) is 511 cm³/mol. The van der Waals surface area contributed by atoms with Gasteiger partial charge in [-0.3, -0.25) is 0 Å². The average molecular weight is 1530 g/mol. The molecule has 0 radical (unpaired) electrons. The summed E-state index contributed by atoms with van der Waals surface area (Å²) in [4.78, 5) is 9.81. The number of rotatable bonds is 21. The Kier molecular flexibility index (Phi) is 20.7. The molecule has 4 nitrogen and oxygen atoms in total. The minimum absolute atomic E-state index is 0.434. The first kappa shape index (κ1) is 76.0. The third-order valence-corrected chi connectivity index (χ3v) is 24.4. The molecule has 0 aromatic heterocycles.